The van der Waals surface area contributed by atoms with E-state index < -0.39 is 6.09 Å². The van der Waals surface area contributed by atoms with Crippen LogP contribution in [-0.2, 0) is 0 Å². The van der Waals surface area contributed by atoms with Crippen LogP contribution in [0.3, 0.4) is 0 Å². The van der Waals surface area contributed by atoms with Crippen molar-refractivity contribution in [1.82, 2.24) is 5.32 Å². The molecule has 0 aromatic heterocycles. The van der Waals surface area contributed by atoms with Crippen LogP contribution in [0, 0.1) is 0 Å². The molecule has 0 unspecified atom stereocenters. The normalized spacial score (nSPS) is 31.4. The first-order valence-electron chi connectivity index (χ1n) is 3.95. The van der Waals surface area contributed by atoms with Gasteiger partial charge in [-0.1, -0.05) is 12.8 Å². The third kappa shape index (κ3) is 2.38. The van der Waals surface area contributed by atoms with Crippen molar-refractivity contribution >= 4 is 6.09 Å². The van der Waals surface area contributed by atoms with Crippen LogP contribution in [0.5, 0.6) is 0 Å². The van der Waals surface area contributed by atoms with Crippen LogP contribution in [0.15, 0.2) is 0 Å². The van der Waals surface area contributed by atoms with Gasteiger partial charge in [0.25, 0.3) is 0 Å². The molecule has 4 N–H and O–H groups in total. The maximum atomic E-state index is 10.2. The predicted octanol–water partition coefficient (Wildman–Crippen LogP) is 0.524. The number of hydrogen-bond acceptors (Lipinski definition) is 2. The van der Waals surface area contributed by atoms with E-state index in [1.165, 1.54) is 0 Å². The van der Waals surface area contributed by atoms with Gasteiger partial charge < -0.3 is 16.2 Å². The van der Waals surface area contributed by atoms with Crippen molar-refractivity contribution in [3.05, 3.63) is 0 Å². The molecule has 0 bridgehead atoms. The van der Waals surface area contributed by atoms with Gasteiger partial charge in [-0.3, -0.25) is 0 Å². The summed E-state index contributed by atoms with van der Waals surface area (Å²) in [6.07, 6.45) is 3.06. The second-order valence-corrected chi connectivity index (χ2v) is 3.00. The fourth-order valence-electron chi connectivity index (χ4n) is 1.50. The van der Waals surface area contributed by atoms with E-state index in [2.05, 4.69) is 5.32 Å². The first-order valence-corrected chi connectivity index (χ1v) is 3.95. The molecule has 0 heterocycles. The number of amides is 1. The lowest BCUT2D eigenvalue weighted by atomic mass is 9.91. The molecular weight excluding hydrogens is 144 g/mol. The minimum Gasteiger partial charge on any atom is -0.465 e. The monoisotopic (exact) mass is 158 g/mol. The Balaban J connectivity index is 2.35. The predicted molar refractivity (Wildman–Crippen MR) is 41.4 cm³/mol. The zero-order chi connectivity index (χ0) is 8.27. The van der Waals surface area contributed by atoms with Gasteiger partial charge in [0.1, 0.15) is 0 Å². The second-order valence-electron chi connectivity index (χ2n) is 3.00. The lowest BCUT2D eigenvalue weighted by molar-refractivity contribution is 0.183. The summed E-state index contributed by atoms with van der Waals surface area (Å²) in [5, 5.41) is 10.8. The summed E-state index contributed by atoms with van der Waals surface area (Å²) in [5.74, 6) is 0. The van der Waals surface area contributed by atoms with E-state index in [1.807, 2.05) is 0 Å². The van der Waals surface area contributed by atoms with Gasteiger partial charge in [0.05, 0.1) is 0 Å². The number of carbonyl (C=O) groups is 1. The molecule has 4 nitrogen and oxygen atoms in total. The molecule has 1 aliphatic rings. The fourth-order valence-corrected chi connectivity index (χ4v) is 1.50. The molecule has 0 aromatic rings. The van der Waals surface area contributed by atoms with E-state index in [9.17, 15) is 4.79 Å². The average molecular weight is 158 g/mol. The lowest BCUT2D eigenvalue weighted by Crippen LogP contribution is -2.48. The molecule has 0 aliphatic heterocycles. The summed E-state index contributed by atoms with van der Waals surface area (Å²) in [6.45, 7) is 0. The van der Waals surface area contributed by atoms with Gasteiger partial charge >= 0.3 is 6.09 Å². The average Bonchev–Trinajstić information content (AvgIpc) is 1.93. The SMILES string of the molecule is N[C@H]1CCCC[C@H]1NC(=O)O. The maximum absolute atomic E-state index is 10.2. The first-order chi connectivity index (χ1) is 5.20. The van der Waals surface area contributed by atoms with Crippen molar-refractivity contribution < 1.29 is 9.90 Å². The van der Waals surface area contributed by atoms with Gasteiger partial charge in [-0.15, -0.1) is 0 Å². The molecule has 1 aliphatic carbocycles. The number of nitrogens with two attached hydrogens (primary N) is 1. The summed E-state index contributed by atoms with van der Waals surface area (Å²) in [4.78, 5) is 10.2. The van der Waals surface area contributed by atoms with Crippen LogP contribution < -0.4 is 11.1 Å². The minimum atomic E-state index is -0.965. The molecule has 1 fully saturated rings. The van der Waals surface area contributed by atoms with Gasteiger partial charge in [0.2, 0.25) is 0 Å². The highest BCUT2D eigenvalue weighted by molar-refractivity contribution is 5.64. The molecule has 1 rings (SSSR count). The Labute approximate surface area is 65.8 Å². The van der Waals surface area contributed by atoms with E-state index in [-0.39, 0.29) is 12.1 Å². The van der Waals surface area contributed by atoms with E-state index >= 15 is 0 Å². The van der Waals surface area contributed by atoms with E-state index in [0.29, 0.717) is 0 Å². The molecular formula is C7H14N2O2. The number of carboxylic acid groups (broad SMARTS) is 1. The summed E-state index contributed by atoms with van der Waals surface area (Å²) in [6, 6.07) is -0.0129. The quantitative estimate of drug-likeness (QED) is 0.521. The van der Waals surface area contributed by atoms with Gasteiger partial charge in [0.15, 0.2) is 0 Å². The van der Waals surface area contributed by atoms with Crippen LogP contribution in [0.1, 0.15) is 25.7 Å². The van der Waals surface area contributed by atoms with Crippen molar-refractivity contribution in [3.63, 3.8) is 0 Å². The summed E-state index contributed by atoms with van der Waals surface area (Å²) >= 11 is 0. The summed E-state index contributed by atoms with van der Waals surface area (Å²) in [7, 11) is 0. The first kappa shape index (κ1) is 8.33. The Morgan fingerprint density at radius 3 is 2.64 bits per heavy atom. The molecule has 64 valence electrons. The molecule has 1 saturated carbocycles. The van der Waals surface area contributed by atoms with Crippen molar-refractivity contribution in [2.24, 2.45) is 5.73 Å². The van der Waals surface area contributed by atoms with Gasteiger partial charge in [-0.2, -0.15) is 0 Å². The summed E-state index contributed by atoms with van der Waals surface area (Å²) < 4.78 is 0. The maximum Gasteiger partial charge on any atom is 0.404 e. The topological polar surface area (TPSA) is 75.3 Å². The molecule has 4 heteroatoms. The van der Waals surface area contributed by atoms with Crippen molar-refractivity contribution in [2.75, 3.05) is 0 Å². The number of rotatable bonds is 1. The lowest BCUT2D eigenvalue weighted by Gasteiger charge is -2.27. The van der Waals surface area contributed by atoms with Crippen LogP contribution >= 0.6 is 0 Å². The Hall–Kier alpha value is -0.770. The smallest absolute Gasteiger partial charge is 0.404 e. The second kappa shape index (κ2) is 3.57. The molecule has 1 amide bonds. The highest BCUT2D eigenvalue weighted by Crippen LogP contribution is 2.16. The minimum absolute atomic E-state index is 0.0137. The van der Waals surface area contributed by atoms with Gasteiger partial charge in [-0.25, -0.2) is 4.79 Å². The highest BCUT2D eigenvalue weighted by atomic mass is 16.4. The van der Waals surface area contributed by atoms with Crippen molar-refractivity contribution in [2.45, 2.75) is 37.8 Å². The van der Waals surface area contributed by atoms with Crippen LogP contribution in [0.4, 0.5) is 4.79 Å². The summed E-state index contributed by atoms with van der Waals surface area (Å²) in [5.41, 5.74) is 5.70. The largest absolute Gasteiger partial charge is 0.465 e. The Kier molecular flexibility index (Phi) is 2.70. The third-order valence-electron chi connectivity index (χ3n) is 2.13. The molecule has 0 radical (unpaired) electrons. The Morgan fingerprint density at radius 1 is 1.45 bits per heavy atom. The molecule has 2 atom stereocenters. The Bertz CT molecular complexity index is 149. The zero-order valence-corrected chi connectivity index (χ0v) is 6.42. The zero-order valence-electron chi connectivity index (χ0n) is 6.42. The van der Waals surface area contributed by atoms with Crippen molar-refractivity contribution in [1.29, 1.82) is 0 Å². The molecule has 0 saturated heterocycles. The molecule has 0 aromatic carbocycles. The van der Waals surface area contributed by atoms with E-state index in [4.69, 9.17) is 10.8 Å². The van der Waals surface area contributed by atoms with Crippen LogP contribution in [-0.4, -0.2) is 23.3 Å². The van der Waals surface area contributed by atoms with Crippen LogP contribution in [0.25, 0.3) is 0 Å². The highest BCUT2D eigenvalue weighted by Gasteiger charge is 2.22. The standard InChI is InChI=1S/C7H14N2O2/c8-5-3-1-2-4-6(5)9-7(10)11/h5-6,9H,1-4,8H2,(H,10,11)/t5-,6+/m0/s1. The van der Waals surface area contributed by atoms with Gasteiger partial charge in [0, 0.05) is 12.1 Å². The molecule has 11 heavy (non-hydrogen) atoms. The van der Waals surface area contributed by atoms with Crippen molar-refractivity contribution in [3.8, 4) is 0 Å². The Morgan fingerprint density at radius 2 is 2.09 bits per heavy atom. The number of hydrogen-bond donors (Lipinski definition) is 3. The van der Waals surface area contributed by atoms with Crippen LogP contribution in [0.2, 0.25) is 0 Å². The van der Waals surface area contributed by atoms with E-state index in [0.717, 1.165) is 25.7 Å². The molecule has 0 spiro atoms. The fraction of sp³-hybridized carbons (Fsp3) is 0.857. The van der Waals surface area contributed by atoms with Gasteiger partial charge in [-0.05, 0) is 12.8 Å². The number of nitrogens with one attached hydrogen (secondary N) is 1. The third-order valence-corrected chi connectivity index (χ3v) is 2.13. The van der Waals surface area contributed by atoms with E-state index in [1.54, 1.807) is 0 Å².